The Morgan fingerprint density at radius 1 is 1.17 bits per heavy atom. The lowest BCUT2D eigenvalue weighted by molar-refractivity contribution is -0.126. The molecule has 2 aromatic heterocycles. The average molecular weight is 391 g/mol. The third-order valence-corrected chi connectivity index (χ3v) is 5.60. The van der Waals surface area contributed by atoms with Crippen molar-refractivity contribution in [2.75, 3.05) is 29.4 Å². The molecule has 2 amide bonds. The molecule has 4 heterocycles. The van der Waals surface area contributed by atoms with E-state index >= 15 is 0 Å². The van der Waals surface area contributed by atoms with Gasteiger partial charge in [0.25, 0.3) is 0 Å². The number of hydrogen-bond acceptors (Lipinski definition) is 6. The number of rotatable bonds is 4. The second-order valence-electron chi connectivity index (χ2n) is 7.49. The molecular formula is C20H21N7O2. The minimum Gasteiger partial charge on any atom is -0.351 e. The Bertz CT molecular complexity index is 1050. The van der Waals surface area contributed by atoms with Crippen molar-refractivity contribution in [1.82, 2.24) is 24.9 Å². The Morgan fingerprint density at radius 2 is 2.03 bits per heavy atom. The standard InChI is InChI=1S/C20H21N7O2/c28-17-10-14(11-27(17)16-4-2-1-3-5-16)20(29)23-15-6-8-25(12-15)18-19-24-22-13-26(19)9-7-21-18/h1-5,7,9,13-15H,6,8,10-12H2,(H,23,29)/t14-,15+/m1/s1. The van der Waals surface area contributed by atoms with E-state index in [0.717, 1.165) is 24.5 Å². The zero-order valence-corrected chi connectivity index (χ0v) is 15.8. The first-order valence-corrected chi connectivity index (χ1v) is 9.74. The van der Waals surface area contributed by atoms with Crippen molar-refractivity contribution < 1.29 is 9.59 Å². The van der Waals surface area contributed by atoms with E-state index in [1.54, 1.807) is 17.4 Å². The maximum atomic E-state index is 12.8. The number of nitrogens with zero attached hydrogens (tertiary/aromatic N) is 6. The number of anilines is 2. The van der Waals surface area contributed by atoms with E-state index in [4.69, 9.17) is 0 Å². The summed E-state index contributed by atoms with van der Waals surface area (Å²) in [5.74, 6) is 0.382. The first kappa shape index (κ1) is 17.6. The van der Waals surface area contributed by atoms with Crippen molar-refractivity contribution in [2.45, 2.75) is 18.9 Å². The quantitative estimate of drug-likeness (QED) is 0.709. The van der Waals surface area contributed by atoms with Gasteiger partial charge in [-0.3, -0.25) is 14.0 Å². The minimum atomic E-state index is -0.324. The van der Waals surface area contributed by atoms with E-state index in [2.05, 4.69) is 25.4 Å². The predicted molar refractivity (Wildman–Crippen MR) is 106 cm³/mol. The number of fused-ring (bicyclic) bond motifs is 1. The highest BCUT2D eigenvalue weighted by atomic mass is 16.2. The van der Waals surface area contributed by atoms with Gasteiger partial charge in [0.2, 0.25) is 17.5 Å². The average Bonchev–Trinajstić information content (AvgIpc) is 3.47. The molecule has 148 valence electrons. The Balaban J connectivity index is 1.22. The summed E-state index contributed by atoms with van der Waals surface area (Å²) in [4.78, 5) is 33.4. The van der Waals surface area contributed by atoms with Gasteiger partial charge < -0.3 is 15.1 Å². The van der Waals surface area contributed by atoms with Crippen LogP contribution >= 0.6 is 0 Å². The molecule has 2 aliphatic heterocycles. The molecule has 0 saturated carbocycles. The Hall–Kier alpha value is -3.49. The van der Waals surface area contributed by atoms with E-state index in [1.165, 1.54) is 0 Å². The third kappa shape index (κ3) is 3.28. The van der Waals surface area contributed by atoms with Crippen LogP contribution in [-0.2, 0) is 9.59 Å². The van der Waals surface area contributed by atoms with Crippen molar-refractivity contribution >= 4 is 29.0 Å². The molecule has 2 aliphatic rings. The highest BCUT2D eigenvalue weighted by Crippen LogP contribution is 2.26. The fraction of sp³-hybridized carbons (Fsp3) is 0.350. The van der Waals surface area contributed by atoms with Crippen molar-refractivity contribution in [3.05, 3.63) is 49.1 Å². The molecule has 9 nitrogen and oxygen atoms in total. The van der Waals surface area contributed by atoms with Gasteiger partial charge >= 0.3 is 0 Å². The summed E-state index contributed by atoms with van der Waals surface area (Å²) in [6.07, 6.45) is 6.25. The number of nitrogens with one attached hydrogen (secondary N) is 1. The van der Waals surface area contributed by atoms with Crippen LogP contribution in [0.5, 0.6) is 0 Å². The first-order valence-electron chi connectivity index (χ1n) is 9.74. The molecule has 9 heteroatoms. The molecule has 5 rings (SSSR count). The summed E-state index contributed by atoms with van der Waals surface area (Å²) in [7, 11) is 0. The van der Waals surface area contributed by atoms with Crippen LogP contribution in [0.15, 0.2) is 49.1 Å². The SMILES string of the molecule is O=C(N[C@H]1CCN(c2nccn3cnnc23)C1)[C@@H]1CC(=O)N(c2ccccc2)C1. The predicted octanol–water partition coefficient (Wildman–Crippen LogP) is 0.872. The molecule has 2 saturated heterocycles. The van der Waals surface area contributed by atoms with Gasteiger partial charge in [0, 0.05) is 50.2 Å². The van der Waals surface area contributed by atoms with Crippen LogP contribution in [0.4, 0.5) is 11.5 Å². The van der Waals surface area contributed by atoms with Crippen LogP contribution in [-0.4, -0.2) is 57.1 Å². The lowest BCUT2D eigenvalue weighted by Crippen LogP contribution is -2.41. The molecule has 0 unspecified atom stereocenters. The molecule has 0 spiro atoms. The minimum absolute atomic E-state index is 0.00733. The van der Waals surface area contributed by atoms with Crippen LogP contribution in [0, 0.1) is 5.92 Å². The maximum absolute atomic E-state index is 12.8. The molecule has 0 radical (unpaired) electrons. The van der Waals surface area contributed by atoms with Gasteiger partial charge in [-0.25, -0.2) is 4.98 Å². The number of carbonyl (C=O) groups excluding carboxylic acids is 2. The second kappa shape index (κ2) is 7.16. The normalized spacial score (nSPS) is 21.9. The van der Waals surface area contributed by atoms with Crippen molar-refractivity contribution in [3.8, 4) is 0 Å². The Morgan fingerprint density at radius 3 is 2.90 bits per heavy atom. The van der Waals surface area contributed by atoms with Crippen LogP contribution in [0.25, 0.3) is 5.65 Å². The zero-order valence-electron chi connectivity index (χ0n) is 15.8. The number of amides is 2. The van der Waals surface area contributed by atoms with Gasteiger partial charge in [0.1, 0.15) is 6.33 Å². The number of para-hydroxylation sites is 1. The molecule has 2 atom stereocenters. The summed E-state index contributed by atoms with van der Waals surface area (Å²) >= 11 is 0. The fourth-order valence-corrected chi connectivity index (χ4v) is 4.10. The summed E-state index contributed by atoms with van der Waals surface area (Å²) in [5.41, 5.74) is 1.55. The monoisotopic (exact) mass is 391 g/mol. The first-order chi connectivity index (χ1) is 14.2. The zero-order chi connectivity index (χ0) is 19.8. The van der Waals surface area contributed by atoms with Crippen molar-refractivity contribution in [2.24, 2.45) is 5.92 Å². The summed E-state index contributed by atoms with van der Waals surface area (Å²) in [6.45, 7) is 1.87. The van der Waals surface area contributed by atoms with E-state index in [1.807, 2.05) is 40.9 Å². The lowest BCUT2D eigenvalue weighted by Gasteiger charge is -2.19. The van der Waals surface area contributed by atoms with E-state index in [0.29, 0.717) is 18.7 Å². The number of carbonyl (C=O) groups is 2. The number of aromatic nitrogens is 4. The summed E-state index contributed by atoms with van der Waals surface area (Å²) < 4.78 is 1.83. The smallest absolute Gasteiger partial charge is 0.227 e. The molecule has 0 bridgehead atoms. The van der Waals surface area contributed by atoms with Gasteiger partial charge in [0.15, 0.2) is 5.82 Å². The summed E-state index contributed by atoms with van der Waals surface area (Å²) in [5, 5.41) is 11.2. The van der Waals surface area contributed by atoms with E-state index < -0.39 is 0 Å². The van der Waals surface area contributed by atoms with Gasteiger partial charge in [-0.1, -0.05) is 18.2 Å². The van der Waals surface area contributed by atoms with Crippen LogP contribution in [0.2, 0.25) is 0 Å². The van der Waals surface area contributed by atoms with Crippen molar-refractivity contribution in [1.29, 1.82) is 0 Å². The van der Waals surface area contributed by atoms with Crippen LogP contribution < -0.4 is 15.1 Å². The number of benzene rings is 1. The lowest BCUT2D eigenvalue weighted by atomic mass is 10.1. The largest absolute Gasteiger partial charge is 0.351 e. The molecule has 1 N–H and O–H groups in total. The van der Waals surface area contributed by atoms with Gasteiger partial charge in [-0.05, 0) is 18.6 Å². The van der Waals surface area contributed by atoms with E-state index in [9.17, 15) is 9.59 Å². The van der Waals surface area contributed by atoms with Gasteiger partial charge in [-0.15, -0.1) is 10.2 Å². The topological polar surface area (TPSA) is 95.7 Å². The highest BCUT2D eigenvalue weighted by molar-refractivity contribution is 6.00. The maximum Gasteiger partial charge on any atom is 0.227 e. The van der Waals surface area contributed by atoms with Crippen molar-refractivity contribution in [3.63, 3.8) is 0 Å². The van der Waals surface area contributed by atoms with Crippen LogP contribution in [0.3, 0.4) is 0 Å². The molecular weight excluding hydrogens is 370 g/mol. The molecule has 29 heavy (non-hydrogen) atoms. The molecule has 2 fully saturated rings. The Labute approximate surface area is 167 Å². The third-order valence-electron chi connectivity index (χ3n) is 5.60. The van der Waals surface area contributed by atoms with Crippen LogP contribution in [0.1, 0.15) is 12.8 Å². The Kier molecular flexibility index (Phi) is 4.34. The fourth-order valence-electron chi connectivity index (χ4n) is 4.10. The number of hydrogen-bond donors (Lipinski definition) is 1. The molecule has 3 aromatic rings. The molecule has 1 aromatic carbocycles. The highest BCUT2D eigenvalue weighted by Gasteiger charge is 2.36. The summed E-state index contributed by atoms with van der Waals surface area (Å²) in [6, 6.07) is 9.51. The van der Waals surface area contributed by atoms with Gasteiger partial charge in [-0.2, -0.15) is 0 Å². The second-order valence-corrected chi connectivity index (χ2v) is 7.49. The van der Waals surface area contributed by atoms with Gasteiger partial charge in [0.05, 0.1) is 5.92 Å². The van der Waals surface area contributed by atoms with E-state index in [-0.39, 0.29) is 30.2 Å². The molecule has 0 aliphatic carbocycles.